The summed E-state index contributed by atoms with van der Waals surface area (Å²) < 4.78 is 31.5. The van der Waals surface area contributed by atoms with Crippen LogP contribution in [0.4, 0.5) is 14.5 Å². The highest BCUT2D eigenvalue weighted by atomic mass is 32.1. The van der Waals surface area contributed by atoms with Crippen LogP contribution in [-0.2, 0) is 11.2 Å². The molecule has 0 aliphatic carbocycles. The van der Waals surface area contributed by atoms with Gasteiger partial charge in [0, 0.05) is 11.4 Å². The molecular formula is C15H10F2N2O2S. The summed E-state index contributed by atoms with van der Waals surface area (Å²) >= 11 is 1.35. The Bertz CT molecular complexity index is 800. The summed E-state index contributed by atoms with van der Waals surface area (Å²) in [6.45, 7) is 0. The van der Waals surface area contributed by atoms with Crippen molar-refractivity contribution in [2.24, 2.45) is 0 Å². The molecule has 0 atom stereocenters. The molecule has 0 spiro atoms. The number of carbonyl (C=O) groups is 1. The normalized spacial score (nSPS) is 10.6. The maximum atomic E-state index is 13.5. The van der Waals surface area contributed by atoms with Crippen molar-refractivity contribution in [1.29, 1.82) is 0 Å². The van der Waals surface area contributed by atoms with Gasteiger partial charge < -0.3 is 9.73 Å². The van der Waals surface area contributed by atoms with Crippen LogP contribution >= 0.6 is 11.3 Å². The van der Waals surface area contributed by atoms with Crippen LogP contribution in [0.15, 0.2) is 46.4 Å². The zero-order valence-electron chi connectivity index (χ0n) is 11.2. The number of rotatable bonds is 4. The van der Waals surface area contributed by atoms with E-state index in [1.165, 1.54) is 17.4 Å². The number of nitrogens with one attached hydrogen (secondary N) is 1. The first-order valence-corrected chi connectivity index (χ1v) is 7.23. The van der Waals surface area contributed by atoms with E-state index in [-0.39, 0.29) is 12.1 Å². The number of hydrogen-bond acceptors (Lipinski definition) is 4. The number of halogens is 2. The highest BCUT2D eigenvalue weighted by Gasteiger charge is 2.12. The summed E-state index contributed by atoms with van der Waals surface area (Å²) in [6, 6.07) is 6.50. The number of amides is 1. The Morgan fingerprint density at radius 2 is 2.18 bits per heavy atom. The van der Waals surface area contributed by atoms with E-state index < -0.39 is 17.5 Å². The van der Waals surface area contributed by atoms with Gasteiger partial charge in [-0.15, -0.1) is 11.3 Å². The van der Waals surface area contributed by atoms with Crippen molar-refractivity contribution in [3.63, 3.8) is 0 Å². The van der Waals surface area contributed by atoms with Crippen LogP contribution in [0, 0.1) is 11.6 Å². The van der Waals surface area contributed by atoms with Crippen molar-refractivity contribution in [3.05, 3.63) is 59.3 Å². The quantitative estimate of drug-likeness (QED) is 0.794. The van der Waals surface area contributed by atoms with E-state index in [1.54, 1.807) is 23.8 Å². The third-order valence-corrected chi connectivity index (χ3v) is 3.74. The molecule has 1 N–H and O–H groups in total. The number of furan rings is 1. The van der Waals surface area contributed by atoms with Crippen LogP contribution in [0.5, 0.6) is 0 Å². The fourth-order valence-electron chi connectivity index (χ4n) is 1.85. The molecule has 3 rings (SSSR count). The first kappa shape index (κ1) is 14.4. The molecule has 0 aliphatic heterocycles. The number of anilines is 1. The van der Waals surface area contributed by atoms with Crippen molar-refractivity contribution in [1.82, 2.24) is 4.98 Å². The van der Waals surface area contributed by atoms with Gasteiger partial charge in [0.05, 0.1) is 24.1 Å². The average Bonchev–Trinajstić information content (AvgIpc) is 3.12. The second kappa shape index (κ2) is 6.07. The minimum Gasteiger partial charge on any atom is -0.462 e. The molecule has 1 amide bonds. The van der Waals surface area contributed by atoms with Crippen molar-refractivity contribution >= 4 is 22.9 Å². The molecule has 0 bridgehead atoms. The summed E-state index contributed by atoms with van der Waals surface area (Å²) in [5.41, 5.74) is 0.490. The molecule has 7 heteroatoms. The molecule has 22 heavy (non-hydrogen) atoms. The van der Waals surface area contributed by atoms with Gasteiger partial charge in [-0.2, -0.15) is 0 Å². The number of hydrogen-bond donors (Lipinski definition) is 1. The van der Waals surface area contributed by atoms with Crippen LogP contribution in [0.3, 0.4) is 0 Å². The van der Waals surface area contributed by atoms with E-state index in [1.807, 2.05) is 0 Å². The molecule has 2 heterocycles. The second-order valence-electron chi connectivity index (χ2n) is 4.47. The maximum absolute atomic E-state index is 13.5. The van der Waals surface area contributed by atoms with Crippen molar-refractivity contribution < 1.29 is 18.0 Å². The van der Waals surface area contributed by atoms with E-state index in [4.69, 9.17) is 4.42 Å². The van der Waals surface area contributed by atoms with E-state index in [2.05, 4.69) is 10.3 Å². The Hall–Kier alpha value is -2.54. The van der Waals surface area contributed by atoms with Gasteiger partial charge in [-0.3, -0.25) is 4.79 Å². The van der Waals surface area contributed by atoms with Gasteiger partial charge in [0.25, 0.3) is 0 Å². The summed E-state index contributed by atoms with van der Waals surface area (Å²) in [4.78, 5) is 16.2. The first-order chi connectivity index (χ1) is 10.6. The third-order valence-electron chi connectivity index (χ3n) is 2.83. The Kier molecular flexibility index (Phi) is 3.97. The molecule has 0 aliphatic rings. The molecule has 112 valence electrons. The van der Waals surface area contributed by atoms with Gasteiger partial charge in [-0.05, 0) is 24.3 Å². The Morgan fingerprint density at radius 3 is 2.91 bits per heavy atom. The van der Waals surface area contributed by atoms with Gasteiger partial charge in [0.1, 0.15) is 11.6 Å². The predicted octanol–water partition coefficient (Wildman–Crippen LogP) is 3.86. The summed E-state index contributed by atoms with van der Waals surface area (Å²) in [6.07, 6.45) is 1.54. The van der Waals surface area contributed by atoms with E-state index in [0.717, 1.165) is 6.07 Å². The lowest BCUT2D eigenvalue weighted by Crippen LogP contribution is -2.15. The summed E-state index contributed by atoms with van der Waals surface area (Å²) in [5, 5.41) is 4.79. The van der Waals surface area contributed by atoms with Gasteiger partial charge in [0.2, 0.25) is 5.91 Å². The monoisotopic (exact) mass is 320 g/mol. The molecular weight excluding hydrogens is 310 g/mol. The second-order valence-corrected chi connectivity index (χ2v) is 5.33. The molecule has 1 aromatic carbocycles. The lowest BCUT2D eigenvalue weighted by molar-refractivity contribution is -0.115. The first-order valence-electron chi connectivity index (χ1n) is 6.35. The zero-order chi connectivity index (χ0) is 15.5. The van der Waals surface area contributed by atoms with Crippen molar-refractivity contribution in [2.45, 2.75) is 6.42 Å². The van der Waals surface area contributed by atoms with E-state index >= 15 is 0 Å². The van der Waals surface area contributed by atoms with Crippen LogP contribution in [0.25, 0.3) is 10.8 Å². The minimum absolute atomic E-state index is 0.00593. The molecule has 0 fully saturated rings. The molecule has 2 aromatic heterocycles. The molecule has 0 radical (unpaired) electrons. The molecule has 0 saturated heterocycles. The summed E-state index contributed by atoms with van der Waals surface area (Å²) in [5.74, 6) is -1.32. The standard InChI is InChI=1S/C15H10F2N2O2S/c16-9-3-4-12(11(17)6-9)19-14(20)7-10-8-22-15(18-10)13-2-1-5-21-13/h1-6,8H,7H2,(H,19,20). The molecule has 3 aromatic rings. The van der Waals surface area contributed by atoms with E-state index in [0.29, 0.717) is 22.5 Å². The van der Waals surface area contributed by atoms with Crippen molar-refractivity contribution in [3.8, 4) is 10.8 Å². The lowest BCUT2D eigenvalue weighted by Gasteiger charge is -2.05. The zero-order valence-corrected chi connectivity index (χ0v) is 12.0. The topological polar surface area (TPSA) is 55.1 Å². The Labute approximate surface area is 128 Å². The number of nitrogens with zero attached hydrogens (tertiary/aromatic N) is 1. The van der Waals surface area contributed by atoms with Gasteiger partial charge in [0.15, 0.2) is 10.8 Å². The van der Waals surface area contributed by atoms with Crippen LogP contribution in [-0.4, -0.2) is 10.9 Å². The Morgan fingerprint density at radius 1 is 1.32 bits per heavy atom. The van der Waals surface area contributed by atoms with Gasteiger partial charge >= 0.3 is 0 Å². The van der Waals surface area contributed by atoms with Gasteiger partial charge in [-0.1, -0.05) is 0 Å². The summed E-state index contributed by atoms with van der Waals surface area (Å²) in [7, 11) is 0. The maximum Gasteiger partial charge on any atom is 0.230 e. The average molecular weight is 320 g/mol. The number of thiazole rings is 1. The Balaban J connectivity index is 1.67. The van der Waals surface area contributed by atoms with Crippen molar-refractivity contribution in [2.75, 3.05) is 5.32 Å². The largest absolute Gasteiger partial charge is 0.462 e. The van der Waals surface area contributed by atoms with Crippen LogP contribution in [0.2, 0.25) is 0 Å². The highest BCUT2D eigenvalue weighted by molar-refractivity contribution is 7.13. The minimum atomic E-state index is -0.817. The predicted molar refractivity (Wildman–Crippen MR) is 78.5 cm³/mol. The SMILES string of the molecule is O=C(Cc1csc(-c2ccco2)n1)Nc1ccc(F)cc1F. The number of benzene rings is 1. The number of aromatic nitrogens is 1. The molecule has 4 nitrogen and oxygen atoms in total. The van der Waals surface area contributed by atoms with Crippen LogP contribution < -0.4 is 5.32 Å². The smallest absolute Gasteiger partial charge is 0.230 e. The lowest BCUT2D eigenvalue weighted by atomic mass is 10.2. The van der Waals surface area contributed by atoms with Gasteiger partial charge in [-0.25, -0.2) is 13.8 Å². The molecule has 0 unspecified atom stereocenters. The van der Waals surface area contributed by atoms with Crippen LogP contribution in [0.1, 0.15) is 5.69 Å². The fourth-order valence-corrected chi connectivity index (χ4v) is 2.64. The fraction of sp³-hybridized carbons (Fsp3) is 0.0667. The highest BCUT2D eigenvalue weighted by Crippen LogP contribution is 2.24. The third kappa shape index (κ3) is 3.20. The molecule has 0 saturated carbocycles. The van der Waals surface area contributed by atoms with E-state index in [9.17, 15) is 13.6 Å². The number of carbonyl (C=O) groups excluding carboxylic acids is 1.